The number of carbonyl (C=O) groups is 2. The zero-order valence-electron chi connectivity index (χ0n) is 12.6. The minimum absolute atomic E-state index is 0.0162. The number of carbonyl (C=O) groups excluding carboxylic acids is 2. The van der Waals surface area contributed by atoms with Crippen LogP contribution in [0.3, 0.4) is 0 Å². The highest BCUT2D eigenvalue weighted by atomic mass is 32.1. The lowest BCUT2D eigenvalue weighted by atomic mass is 9.80. The molecule has 120 valence electrons. The Morgan fingerprint density at radius 1 is 1.41 bits per heavy atom. The quantitative estimate of drug-likeness (QED) is 0.859. The Labute approximate surface area is 134 Å². The largest absolute Gasteiger partial charge is 0.388 e. The first-order chi connectivity index (χ1) is 10.6. The van der Waals surface area contributed by atoms with Crippen molar-refractivity contribution < 1.29 is 14.7 Å². The summed E-state index contributed by atoms with van der Waals surface area (Å²) in [6, 6.07) is 3.50. The van der Waals surface area contributed by atoms with Gasteiger partial charge < -0.3 is 15.3 Å². The van der Waals surface area contributed by atoms with Crippen LogP contribution in [0.15, 0.2) is 17.5 Å². The Hall–Kier alpha value is -1.40. The molecule has 2 fully saturated rings. The second kappa shape index (κ2) is 6.38. The van der Waals surface area contributed by atoms with Gasteiger partial charge in [-0.25, -0.2) is 0 Å². The third-order valence-electron chi connectivity index (χ3n) is 4.66. The van der Waals surface area contributed by atoms with E-state index in [0.717, 1.165) is 30.6 Å². The third kappa shape index (κ3) is 3.33. The van der Waals surface area contributed by atoms with Crippen LogP contribution in [0.2, 0.25) is 0 Å². The van der Waals surface area contributed by atoms with E-state index in [0.29, 0.717) is 25.9 Å². The van der Waals surface area contributed by atoms with Crippen LogP contribution >= 0.6 is 11.3 Å². The van der Waals surface area contributed by atoms with Crippen LogP contribution in [-0.4, -0.2) is 46.6 Å². The molecule has 22 heavy (non-hydrogen) atoms. The Morgan fingerprint density at radius 2 is 2.23 bits per heavy atom. The van der Waals surface area contributed by atoms with Gasteiger partial charge in [0.1, 0.15) is 6.04 Å². The summed E-state index contributed by atoms with van der Waals surface area (Å²) in [6.07, 6.45) is 4.45. The highest BCUT2D eigenvalue weighted by Gasteiger charge is 2.38. The molecule has 3 rings (SSSR count). The molecule has 1 aliphatic carbocycles. The summed E-state index contributed by atoms with van der Waals surface area (Å²) in [5.41, 5.74) is -0.722. The molecule has 0 bridgehead atoms. The number of nitrogens with zero attached hydrogens (tertiary/aromatic N) is 1. The monoisotopic (exact) mass is 322 g/mol. The number of likely N-dealkylation sites (tertiary alicyclic amines) is 1. The van der Waals surface area contributed by atoms with E-state index in [-0.39, 0.29) is 17.9 Å². The summed E-state index contributed by atoms with van der Waals surface area (Å²) in [6.45, 7) is 0.946. The molecular weight excluding hydrogens is 300 g/mol. The van der Waals surface area contributed by atoms with Crippen LogP contribution < -0.4 is 5.32 Å². The fourth-order valence-electron chi connectivity index (χ4n) is 3.13. The van der Waals surface area contributed by atoms with E-state index in [1.54, 1.807) is 16.2 Å². The molecule has 6 heteroatoms. The van der Waals surface area contributed by atoms with Crippen molar-refractivity contribution in [2.24, 2.45) is 0 Å². The first-order valence-electron chi connectivity index (χ1n) is 7.89. The van der Waals surface area contributed by atoms with E-state index < -0.39 is 5.60 Å². The van der Waals surface area contributed by atoms with Crippen LogP contribution in [-0.2, 0) is 16.0 Å². The molecular formula is C16H22N2O3S. The van der Waals surface area contributed by atoms with Gasteiger partial charge >= 0.3 is 0 Å². The standard InChI is InChI=1S/C16H22N2O3S/c19-14(10-12-4-2-9-22-12)18-8-1-5-13(18)15(20)17-11-16(21)6-3-7-16/h2,4,9,13,21H,1,3,5-8,10-11H2,(H,17,20). The smallest absolute Gasteiger partial charge is 0.242 e. The summed E-state index contributed by atoms with van der Waals surface area (Å²) in [7, 11) is 0. The highest BCUT2D eigenvalue weighted by Crippen LogP contribution is 2.30. The van der Waals surface area contributed by atoms with E-state index in [2.05, 4.69) is 5.32 Å². The van der Waals surface area contributed by atoms with Crippen LogP contribution in [0.1, 0.15) is 37.0 Å². The predicted molar refractivity (Wildman–Crippen MR) is 84.6 cm³/mol. The van der Waals surface area contributed by atoms with Gasteiger partial charge in [0, 0.05) is 18.0 Å². The van der Waals surface area contributed by atoms with E-state index in [1.165, 1.54) is 0 Å². The van der Waals surface area contributed by atoms with Crippen molar-refractivity contribution >= 4 is 23.2 Å². The van der Waals surface area contributed by atoms with Crippen LogP contribution in [0, 0.1) is 0 Å². The molecule has 5 nitrogen and oxygen atoms in total. The summed E-state index contributed by atoms with van der Waals surface area (Å²) in [5, 5.41) is 14.8. The molecule has 1 aromatic rings. The van der Waals surface area contributed by atoms with Gasteiger partial charge in [-0.2, -0.15) is 0 Å². The molecule has 2 heterocycles. The highest BCUT2D eigenvalue weighted by molar-refractivity contribution is 7.10. The fraction of sp³-hybridized carbons (Fsp3) is 0.625. The average molecular weight is 322 g/mol. The lowest BCUT2D eigenvalue weighted by Gasteiger charge is -2.37. The summed E-state index contributed by atoms with van der Waals surface area (Å²) >= 11 is 1.56. The number of hydrogen-bond donors (Lipinski definition) is 2. The molecule has 0 spiro atoms. The first-order valence-corrected chi connectivity index (χ1v) is 8.77. The second-order valence-corrected chi connectivity index (χ2v) is 7.33. The molecule has 1 atom stereocenters. The van der Waals surface area contributed by atoms with Crippen LogP contribution in [0.25, 0.3) is 0 Å². The van der Waals surface area contributed by atoms with Crippen molar-refractivity contribution in [3.63, 3.8) is 0 Å². The normalized spacial score (nSPS) is 23.1. The number of amides is 2. The molecule has 1 aromatic heterocycles. The molecule has 0 aromatic carbocycles. The van der Waals surface area contributed by atoms with Crippen molar-refractivity contribution in [2.45, 2.75) is 50.2 Å². The number of thiophene rings is 1. The Bertz CT molecular complexity index is 540. The Morgan fingerprint density at radius 3 is 2.86 bits per heavy atom. The van der Waals surface area contributed by atoms with Crippen molar-refractivity contribution in [1.29, 1.82) is 0 Å². The maximum atomic E-state index is 12.4. The molecule has 1 saturated heterocycles. The van der Waals surface area contributed by atoms with Gasteiger partial charge in [-0.3, -0.25) is 9.59 Å². The van der Waals surface area contributed by atoms with Crippen molar-refractivity contribution in [1.82, 2.24) is 10.2 Å². The summed E-state index contributed by atoms with van der Waals surface area (Å²) < 4.78 is 0. The molecule has 2 amide bonds. The van der Waals surface area contributed by atoms with Crippen molar-refractivity contribution in [3.05, 3.63) is 22.4 Å². The van der Waals surface area contributed by atoms with E-state index in [4.69, 9.17) is 0 Å². The van der Waals surface area contributed by atoms with Crippen LogP contribution in [0.4, 0.5) is 0 Å². The minimum Gasteiger partial charge on any atom is -0.388 e. The number of hydrogen-bond acceptors (Lipinski definition) is 4. The third-order valence-corrected chi connectivity index (χ3v) is 5.53. The van der Waals surface area contributed by atoms with Gasteiger partial charge in [0.15, 0.2) is 0 Å². The maximum Gasteiger partial charge on any atom is 0.242 e. The Kier molecular flexibility index (Phi) is 4.49. The SMILES string of the molecule is O=C(NCC1(O)CCC1)C1CCCN1C(=O)Cc1cccs1. The molecule has 0 radical (unpaired) electrons. The summed E-state index contributed by atoms with van der Waals surface area (Å²) in [4.78, 5) is 27.5. The van der Waals surface area contributed by atoms with Crippen molar-refractivity contribution in [2.75, 3.05) is 13.1 Å². The zero-order valence-corrected chi connectivity index (χ0v) is 13.4. The first kappa shape index (κ1) is 15.5. The second-order valence-electron chi connectivity index (χ2n) is 6.30. The van der Waals surface area contributed by atoms with E-state index in [9.17, 15) is 14.7 Å². The molecule has 1 unspecified atom stereocenters. The molecule has 2 N–H and O–H groups in total. The van der Waals surface area contributed by atoms with Crippen molar-refractivity contribution in [3.8, 4) is 0 Å². The number of rotatable bonds is 5. The van der Waals surface area contributed by atoms with Gasteiger partial charge in [0.05, 0.1) is 12.0 Å². The molecule has 1 aliphatic heterocycles. The minimum atomic E-state index is -0.722. The lowest BCUT2D eigenvalue weighted by Crippen LogP contribution is -2.52. The van der Waals surface area contributed by atoms with Gasteiger partial charge in [0.25, 0.3) is 0 Å². The van der Waals surface area contributed by atoms with Crippen LogP contribution in [0.5, 0.6) is 0 Å². The predicted octanol–water partition coefficient (Wildman–Crippen LogP) is 1.31. The number of nitrogens with one attached hydrogen (secondary N) is 1. The average Bonchev–Trinajstić information content (AvgIpc) is 3.13. The maximum absolute atomic E-state index is 12.4. The molecule has 1 saturated carbocycles. The Balaban J connectivity index is 1.55. The van der Waals surface area contributed by atoms with E-state index in [1.807, 2.05) is 17.5 Å². The number of aliphatic hydroxyl groups is 1. The lowest BCUT2D eigenvalue weighted by molar-refractivity contribution is -0.138. The van der Waals surface area contributed by atoms with Gasteiger partial charge in [-0.1, -0.05) is 6.07 Å². The topological polar surface area (TPSA) is 69.6 Å². The fourth-order valence-corrected chi connectivity index (χ4v) is 3.83. The van der Waals surface area contributed by atoms with Gasteiger partial charge in [-0.05, 0) is 43.6 Å². The molecule has 2 aliphatic rings. The summed E-state index contributed by atoms with van der Waals surface area (Å²) in [5.74, 6) is -0.111. The van der Waals surface area contributed by atoms with Gasteiger partial charge in [-0.15, -0.1) is 11.3 Å². The zero-order chi connectivity index (χ0) is 15.6. The van der Waals surface area contributed by atoms with Gasteiger partial charge in [0.2, 0.25) is 11.8 Å². The van der Waals surface area contributed by atoms with E-state index >= 15 is 0 Å².